The van der Waals surface area contributed by atoms with Crippen LogP contribution in [0.15, 0.2) is 41.3 Å². The van der Waals surface area contributed by atoms with E-state index >= 15 is 4.39 Å². The van der Waals surface area contributed by atoms with Crippen LogP contribution in [0, 0.1) is 24.5 Å². The second-order valence-electron chi connectivity index (χ2n) is 13.6. The summed E-state index contributed by atoms with van der Waals surface area (Å²) in [6.07, 6.45) is -11.5. The number of nitrogens with one attached hydrogen (secondary N) is 1. The zero-order valence-electron chi connectivity index (χ0n) is 28.1. The molecule has 2 aromatic carbocycles. The zero-order chi connectivity index (χ0) is 38.3. The van der Waals surface area contributed by atoms with Gasteiger partial charge >= 0.3 is 18.3 Å². The molecule has 1 aromatic heterocycles. The second-order valence-corrected chi connectivity index (χ2v) is 13.6. The summed E-state index contributed by atoms with van der Waals surface area (Å²) in [4.78, 5) is 40.9. The first-order chi connectivity index (χ1) is 24.2. The molecular weight excluding hydrogens is 709 g/mol. The molecule has 3 aromatic rings. The van der Waals surface area contributed by atoms with Crippen LogP contribution in [0.5, 0.6) is 0 Å². The fourth-order valence-electron chi connectivity index (χ4n) is 7.01. The predicted octanol–water partition coefficient (Wildman–Crippen LogP) is 7.57. The summed E-state index contributed by atoms with van der Waals surface area (Å²) in [5.41, 5.74) is -4.97. The van der Waals surface area contributed by atoms with Crippen molar-refractivity contribution in [1.29, 1.82) is 0 Å². The number of pyridine rings is 1. The van der Waals surface area contributed by atoms with Crippen molar-refractivity contribution in [3.05, 3.63) is 91.9 Å². The van der Waals surface area contributed by atoms with Crippen molar-refractivity contribution in [2.75, 3.05) is 19.6 Å². The number of aromatic nitrogens is 1. The van der Waals surface area contributed by atoms with Crippen molar-refractivity contribution in [3.8, 4) is 11.1 Å². The molecular formula is C36H36F9N3O4. The van der Waals surface area contributed by atoms with Gasteiger partial charge in [-0.25, -0.2) is 13.2 Å². The minimum atomic E-state index is -5.28. The normalized spacial score (nSPS) is 20.8. The minimum absolute atomic E-state index is 0.00891. The summed E-state index contributed by atoms with van der Waals surface area (Å²) in [5, 5.41) is 12.0. The Balaban J connectivity index is 1.67. The third-order valence-electron chi connectivity index (χ3n) is 9.70. The number of likely N-dealkylation sites (tertiary alicyclic amines) is 1. The smallest absolute Gasteiger partial charge is 0.419 e. The summed E-state index contributed by atoms with van der Waals surface area (Å²) < 4.78 is 130. The number of nitrogens with zero attached hydrogens (tertiary/aromatic N) is 2. The molecule has 282 valence electrons. The van der Waals surface area contributed by atoms with Gasteiger partial charge in [-0.1, -0.05) is 6.92 Å². The van der Waals surface area contributed by atoms with E-state index < -0.39 is 82.8 Å². The Kier molecular flexibility index (Phi) is 11.2. The highest BCUT2D eigenvalue weighted by molar-refractivity contribution is 5.82. The van der Waals surface area contributed by atoms with E-state index in [1.807, 2.05) is 0 Å². The van der Waals surface area contributed by atoms with Crippen LogP contribution in [0.25, 0.3) is 11.1 Å². The first kappa shape index (κ1) is 38.9. The maximum absolute atomic E-state index is 15.9. The molecule has 0 spiro atoms. The third kappa shape index (κ3) is 8.64. The summed E-state index contributed by atoms with van der Waals surface area (Å²) >= 11 is 0. The lowest BCUT2D eigenvalue weighted by atomic mass is 9.86. The van der Waals surface area contributed by atoms with E-state index in [0.29, 0.717) is 24.1 Å². The average Bonchev–Trinajstić information content (AvgIpc) is 3.00. The number of amides is 1. The standard InChI is InChI=1S/C36H36F9N3O4/c1-18-3-5-20-10-23(37)9-19(2)32(20)22-11-25(33(39)27(12-22)36(43,44)45)28(14-31(50)51)46-34(52)29(6-4-18)48-15-21(7-8-47-16-24(38)17-47)26(13-30(48)49)35(40,41)42/h9-13,15,18,24,28-29H,3-8,14,16-17H2,1-2H3,(H,46,52)(H,50,51)/t18?,28-,29?/m0/s1. The van der Waals surface area contributed by atoms with E-state index in [9.17, 15) is 54.6 Å². The van der Waals surface area contributed by atoms with Crippen LogP contribution in [-0.4, -0.2) is 52.3 Å². The SMILES string of the molecule is Cc1cc(F)cc2c1-c1cc(c(F)c(C(F)(F)F)c1)[C@H](CC(=O)O)NC(=O)C(n1cc(CCN3CC(F)C3)c(C(F)(F)F)cc1=O)CCC(C)CC2. The molecule has 3 heterocycles. The number of benzene rings is 2. The topological polar surface area (TPSA) is 91.6 Å². The number of fused-ring (bicyclic) bond motifs is 4. The monoisotopic (exact) mass is 745 g/mol. The Bertz CT molecular complexity index is 1900. The number of carbonyl (C=O) groups excluding carboxylic acids is 1. The van der Waals surface area contributed by atoms with Crippen molar-refractivity contribution >= 4 is 11.9 Å². The van der Waals surface area contributed by atoms with E-state index in [0.717, 1.165) is 29.0 Å². The van der Waals surface area contributed by atoms with E-state index in [4.69, 9.17) is 0 Å². The Labute approximate surface area is 292 Å². The van der Waals surface area contributed by atoms with Crippen LogP contribution in [0.3, 0.4) is 0 Å². The molecule has 16 heteroatoms. The van der Waals surface area contributed by atoms with Gasteiger partial charge in [-0.05, 0) is 97.0 Å². The molecule has 52 heavy (non-hydrogen) atoms. The third-order valence-corrected chi connectivity index (χ3v) is 9.70. The fraction of sp³-hybridized carbons (Fsp3) is 0.472. The van der Waals surface area contributed by atoms with Crippen LogP contribution in [0.1, 0.15) is 78.1 Å². The van der Waals surface area contributed by atoms with Gasteiger partial charge in [0.1, 0.15) is 23.8 Å². The first-order valence-electron chi connectivity index (χ1n) is 16.6. The number of hydrogen-bond acceptors (Lipinski definition) is 4. The Hall–Kier alpha value is -4.34. The number of carboxylic acids is 1. The first-order valence-corrected chi connectivity index (χ1v) is 16.6. The van der Waals surface area contributed by atoms with Crippen molar-refractivity contribution in [1.82, 2.24) is 14.8 Å². The molecule has 0 radical (unpaired) electrons. The van der Waals surface area contributed by atoms with Gasteiger partial charge in [0.2, 0.25) is 5.91 Å². The molecule has 1 fully saturated rings. The molecule has 0 saturated carbocycles. The van der Waals surface area contributed by atoms with Crippen molar-refractivity contribution in [2.45, 2.75) is 83.0 Å². The number of alkyl halides is 7. The van der Waals surface area contributed by atoms with E-state index in [-0.39, 0.29) is 73.5 Å². The molecule has 2 unspecified atom stereocenters. The Morgan fingerprint density at radius 3 is 2.23 bits per heavy atom. The van der Waals surface area contributed by atoms with Crippen molar-refractivity contribution in [3.63, 3.8) is 0 Å². The lowest BCUT2D eigenvalue weighted by Gasteiger charge is -2.34. The number of halogens is 9. The molecule has 7 nitrogen and oxygen atoms in total. The van der Waals surface area contributed by atoms with Gasteiger partial charge in [0, 0.05) is 37.5 Å². The number of aliphatic carboxylic acids is 1. The van der Waals surface area contributed by atoms with E-state index in [1.165, 1.54) is 6.92 Å². The molecule has 2 N–H and O–H groups in total. The maximum atomic E-state index is 15.9. The van der Waals surface area contributed by atoms with Crippen LogP contribution < -0.4 is 10.9 Å². The van der Waals surface area contributed by atoms with Gasteiger partial charge in [-0.15, -0.1) is 0 Å². The summed E-state index contributed by atoms with van der Waals surface area (Å²) in [6.45, 7) is 3.26. The predicted molar refractivity (Wildman–Crippen MR) is 171 cm³/mol. The molecule has 2 aliphatic rings. The lowest BCUT2D eigenvalue weighted by molar-refractivity contribution is -0.140. The minimum Gasteiger partial charge on any atom is -0.481 e. The molecule has 2 bridgehead atoms. The second kappa shape index (κ2) is 15.0. The highest BCUT2D eigenvalue weighted by Crippen LogP contribution is 2.41. The van der Waals surface area contributed by atoms with Gasteiger partial charge in [-0.2, -0.15) is 26.3 Å². The van der Waals surface area contributed by atoms with E-state index in [1.54, 1.807) is 11.8 Å². The number of carboxylic acid groups (broad SMARTS) is 1. The zero-order valence-corrected chi connectivity index (χ0v) is 28.1. The van der Waals surface area contributed by atoms with Crippen molar-refractivity contribution < 1.29 is 54.2 Å². The highest BCUT2D eigenvalue weighted by atomic mass is 19.4. The van der Waals surface area contributed by atoms with Gasteiger partial charge < -0.3 is 15.0 Å². The summed E-state index contributed by atoms with van der Waals surface area (Å²) in [7, 11) is 0. The average molecular weight is 746 g/mol. The molecule has 0 aliphatic carbocycles. The van der Waals surface area contributed by atoms with Gasteiger partial charge in [0.25, 0.3) is 5.56 Å². The van der Waals surface area contributed by atoms with Crippen molar-refractivity contribution in [2.24, 2.45) is 5.92 Å². The van der Waals surface area contributed by atoms with Crippen LogP contribution in [-0.2, 0) is 34.8 Å². The molecule has 3 atom stereocenters. The van der Waals surface area contributed by atoms with Crippen LogP contribution >= 0.6 is 0 Å². The summed E-state index contributed by atoms with van der Waals surface area (Å²) in [6, 6.07) is 0.530. The number of hydrogen-bond donors (Lipinski definition) is 2. The number of aryl methyl sites for hydroxylation is 2. The molecule has 1 saturated heterocycles. The Morgan fingerprint density at radius 1 is 0.942 bits per heavy atom. The Morgan fingerprint density at radius 2 is 1.62 bits per heavy atom. The molecule has 5 rings (SSSR count). The highest BCUT2D eigenvalue weighted by Gasteiger charge is 2.39. The quantitative estimate of drug-likeness (QED) is 0.254. The lowest BCUT2D eigenvalue weighted by Crippen LogP contribution is -2.49. The van der Waals surface area contributed by atoms with Gasteiger partial charge in [-0.3, -0.25) is 19.3 Å². The van der Waals surface area contributed by atoms with Crippen LogP contribution in [0.2, 0.25) is 0 Å². The molecule has 1 amide bonds. The van der Waals surface area contributed by atoms with E-state index in [2.05, 4.69) is 5.32 Å². The summed E-state index contributed by atoms with van der Waals surface area (Å²) in [5.74, 6) is -5.58. The molecule has 2 aliphatic heterocycles. The number of rotatable bonds is 6. The largest absolute Gasteiger partial charge is 0.481 e. The van der Waals surface area contributed by atoms with Gasteiger partial charge in [0.15, 0.2) is 0 Å². The number of carbonyl (C=O) groups is 2. The fourth-order valence-corrected chi connectivity index (χ4v) is 7.01. The van der Waals surface area contributed by atoms with Crippen LogP contribution in [0.4, 0.5) is 39.5 Å². The maximum Gasteiger partial charge on any atom is 0.419 e. The van der Waals surface area contributed by atoms with Gasteiger partial charge in [0.05, 0.1) is 23.6 Å².